The minimum atomic E-state index is -2.68. The van der Waals surface area contributed by atoms with Crippen molar-refractivity contribution in [2.45, 2.75) is 13.0 Å². The Morgan fingerprint density at radius 3 is 2.69 bits per heavy atom. The summed E-state index contributed by atoms with van der Waals surface area (Å²) in [5.74, 6) is 0. The molecule has 0 saturated heterocycles. The van der Waals surface area contributed by atoms with Crippen molar-refractivity contribution in [2.24, 2.45) is 0 Å². The topological polar surface area (TPSA) is 33.1 Å². The molecule has 0 saturated carbocycles. The Morgan fingerprint density at radius 2 is 2.23 bits per heavy atom. The molecule has 2 nitrogen and oxygen atoms in total. The van der Waals surface area contributed by atoms with Gasteiger partial charge >= 0.3 is 0 Å². The lowest BCUT2D eigenvalue weighted by atomic mass is 10.2. The van der Waals surface area contributed by atoms with E-state index in [1.165, 1.54) is 0 Å². The van der Waals surface area contributed by atoms with Gasteiger partial charge in [0.1, 0.15) is 5.69 Å². The van der Waals surface area contributed by atoms with Gasteiger partial charge in [-0.1, -0.05) is 11.6 Å². The molecule has 1 heterocycles. The van der Waals surface area contributed by atoms with Crippen LogP contribution in [0.1, 0.15) is 17.7 Å². The highest BCUT2D eigenvalue weighted by atomic mass is 79.9. The first kappa shape index (κ1) is 10.8. The molecule has 0 aromatic carbocycles. The zero-order valence-corrected chi connectivity index (χ0v) is 8.61. The maximum atomic E-state index is 12.3. The SMILES string of the molecule is OCc1c(Cl)cnc(C(F)F)c1Br. The Kier molecular flexibility index (Phi) is 3.58. The van der Waals surface area contributed by atoms with Crippen molar-refractivity contribution < 1.29 is 13.9 Å². The molecule has 0 aliphatic carbocycles. The van der Waals surface area contributed by atoms with Gasteiger partial charge < -0.3 is 5.11 Å². The summed E-state index contributed by atoms with van der Waals surface area (Å²) in [4.78, 5) is 3.45. The molecule has 0 spiro atoms. The smallest absolute Gasteiger partial charge is 0.281 e. The van der Waals surface area contributed by atoms with Crippen LogP contribution in [0.3, 0.4) is 0 Å². The van der Waals surface area contributed by atoms with E-state index >= 15 is 0 Å². The standard InChI is InChI=1S/C7H5BrClF2NO/c8-5-3(2-13)4(9)1-12-6(5)7(10)11/h1,7,13H,2H2. The summed E-state index contributed by atoms with van der Waals surface area (Å²) >= 11 is 8.51. The fraction of sp³-hybridized carbons (Fsp3) is 0.286. The van der Waals surface area contributed by atoms with Crippen LogP contribution in [0.5, 0.6) is 0 Å². The summed E-state index contributed by atoms with van der Waals surface area (Å²) in [5.41, 5.74) is -0.180. The Balaban J connectivity index is 3.27. The lowest BCUT2D eigenvalue weighted by molar-refractivity contribution is 0.144. The summed E-state index contributed by atoms with van der Waals surface area (Å²) < 4.78 is 24.6. The molecule has 1 N–H and O–H groups in total. The van der Waals surface area contributed by atoms with Crippen molar-refractivity contribution >= 4 is 27.5 Å². The van der Waals surface area contributed by atoms with Gasteiger partial charge in [-0.2, -0.15) is 0 Å². The van der Waals surface area contributed by atoms with Gasteiger partial charge in [0.05, 0.1) is 16.1 Å². The number of hydrogen-bond acceptors (Lipinski definition) is 2. The Morgan fingerprint density at radius 1 is 1.62 bits per heavy atom. The van der Waals surface area contributed by atoms with Crippen molar-refractivity contribution in [3.8, 4) is 0 Å². The second kappa shape index (κ2) is 4.30. The lowest BCUT2D eigenvalue weighted by Gasteiger charge is -2.07. The number of halogens is 4. The van der Waals surface area contributed by atoms with Crippen LogP contribution >= 0.6 is 27.5 Å². The van der Waals surface area contributed by atoms with Gasteiger partial charge in [0.15, 0.2) is 0 Å². The van der Waals surface area contributed by atoms with Crippen LogP contribution in [0.15, 0.2) is 10.7 Å². The third kappa shape index (κ3) is 2.15. The first-order chi connectivity index (χ1) is 6.07. The van der Waals surface area contributed by atoms with E-state index in [-0.39, 0.29) is 15.1 Å². The molecule has 1 aromatic heterocycles. The van der Waals surface area contributed by atoms with E-state index in [2.05, 4.69) is 20.9 Å². The second-order valence-corrected chi connectivity index (χ2v) is 3.44. The largest absolute Gasteiger partial charge is 0.392 e. The van der Waals surface area contributed by atoms with E-state index in [0.29, 0.717) is 0 Å². The maximum absolute atomic E-state index is 12.3. The van der Waals surface area contributed by atoms with Gasteiger partial charge in [0.25, 0.3) is 6.43 Å². The zero-order valence-electron chi connectivity index (χ0n) is 6.27. The van der Waals surface area contributed by atoms with Crippen LogP contribution in [0.4, 0.5) is 8.78 Å². The van der Waals surface area contributed by atoms with Gasteiger partial charge in [0, 0.05) is 11.8 Å². The molecule has 0 unspecified atom stereocenters. The third-order valence-electron chi connectivity index (χ3n) is 1.46. The molecule has 0 atom stereocenters. The van der Waals surface area contributed by atoms with Gasteiger partial charge in [-0.25, -0.2) is 8.78 Å². The highest BCUT2D eigenvalue weighted by Crippen LogP contribution is 2.31. The highest BCUT2D eigenvalue weighted by molar-refractivity contribution is 9.10. The minimum Gasteiger partial charge on any atom is -0.392 e. The summed E-state index contributed by atoms with van der Waals surface area (Å²) in [7, 11) is 0. The molecule has 0 amide bonds. The molecule has 1 aromatic rings. The van der Waals surface area contributed by atoms with Crippen LogP contribution in [0, 0.1) is 0 Å². The number of pyridine rings is 1. The second-order valence-electron chi connectivity index (χ2n) is 2.24. The fourth-order valence-corrected chi connectivity index (χ4v) is 1.75. The molecule has 6 heteroatoms. The molecule has 0 fully saturated rings. The molecule has 13 heavy (non-hydrogen) atoms. The van der Waals surface area contributed by atoms with E-state index in [4.69, 9.17) is 16.7 Å². The molecule has 0 aliphatic heterocycles. The Bertz CT molecular complexity index is 322. The Hall–Kier alpha value is -0.260. The normalized spacial score (nSPS) is 10.9. The number of alkyl halides is 2. The third-order valence-corrected chi connectivity index (χ3v) is 2.67. The van der Waals surface area contributed by atoms with Gasteiger partial charge in [-0.3, -0.25) is 4.98 Å². The molecule has 1 rings (SSSR count). The summed E-state index contributed by atoms with van der Waals surface area (Å²) in [5, 5.41) is 8.98. The van der Waals surface area contributed by atoms with Crippen LogP contribution in [-0.2, 0) is 6.61 Å². The van der Waals surface area contributed by atoms with Gasteiger partial charge in [-0.15, -0.1) is 0 Å². The van der Waals surface area contributed by atoms with E-state index < -0.39 is 18.7 Å². The van der Waals surface area contributed by atoms with E-state index in [0.717, 1.165) is 6.20 Å². The predicted octanol–water partition coefficient (Wildman–Crippen LogP) is 2.93. The van der Waals surface area contributed by atoms with Crippen LogP contribution in [0.25, 0.3) is 0 Å². The van der Waals surface area contributed by atoms with Crippen LogP contribution < -0.4 is 0 Å². The van der Waals surface area contributed by atoms with Crippen molar-refractivity contribution in [2.75, 3.05) is 0 Å². The molecule has 0 radical (unpaired) electrons. The molecular formula is C7H5BrClF2NO. The quantitative estimate of drug-likeness (QED) is 0.898. The average Bonchev–Trinajstić information content (AvgIpc) is 2.04. The van der Waals surface area contributed by atoms with Gasteiger partial charge in [-0.05, 0) is 15.9 Å². The number of nitrogens with zero attached hydrogens (tertiary/aromatic N) is 1. The average molecular weight is 272 g/mol. The molecule has 0 aliphatic rings. The van der Waals surface area contributed by atoms with E-state index in [9.17, 15) is 8.78 Å². The van der Waals surface area contributed by atoms with Crippen molar-refractivity contribution in [3.63, 3.8) is 0 Å². The summed E-state index contributed by atoms with van der Waals surface area (Å²) in [6, 6.07) is 0. The Labute approximate surface area is 86.7 Å². The molecule has 72 valence electrons. The molecule has 0 bridgehead atoms. The molecular weight excluding hydrogens is 267 g/mol. The maximum Gasteiger partial charge on any atom is 0.281 e. The lowest BCUT2D eigenvalue weighted by Crippen LogP contribution is -1.97. The van der Waals surface area contributed by atoms with E-state index in [1.807, 2.05) is 0 Å². The number of hydrogen-bond donors (Lipinski definition) is 1. The van der Waals surface area contributed by atoms with Crippen molar-refractivity contribution in [1.82, 2.24) is 4.98 Å². The summed E-state index contributed by atoms with van der Waals surface area (Å²) in [6.07, 6.45) is -1.59. The highest BCUT2D eigenvalue weighted by Gasteiger charge is 2.17. The fourth-order valence-electron chi connectivity index (χ4n) is 0.817. The first-order valence-electron chi connectivity index (χ1n) is 3.29. The number of aliphatic hydroxyl groups is 1. The van der Waals surface area contributed by atoms with Crippen molar-refractivity contribution in [3.05, 3.63) is 26.9 Å². The first-order valence-corrected chi connectivity index (χ1v) is 4.46. The number of aliphatic hydroxyl groups excluding tert-OH is 1. The summed E-state index contributed by atoms with van der Waals surface area (Å²) in [6.45, 7) is -0.401. The predicted molar refractivity (Wildman–Crippen MR) is 47.8 cm³/mol. The minimum absolute atomic E-state index is 0.0671. The number of aromatic nitrogens is 1. The van der Waals surface area contributed by atoms with Crippen LogP contribution in [-0.4, -0.2) is 10.1 Å². The van der Waals surface area contributed by atoms with Gasteiger partial charge in [0.2, 0.25) is 0 Å². The van der Waals surface area contributed by atoms with Crippen molar-refractivity contribution in [1.29, 1.82) is 0 Å². The van der Waals surface area contributed by atoms with Crippen LogP contribution in [0.2, 0.25) is 5.02 Å². The van der Waals surface area contributed by atoms with E-state index in [1.54, 1.807) is 0 Å². The monoisotopic (exact) mass is 271 g/mol. The number of rotatable bonds is 2. The zero-order chi connectivity index (χ0) is 10.0.